The van der Waals surface area contributed by atoms with Gasteiger partial charge in [0.05, 0.1) is 10.0 Å². The van der Waals surface area contributed by atoms with Crippen LogP contribution < -0.4 is 5.32 Å². The predicted octanol–water partition coefficient (Wildman–Crippen LogP) is 4.13. The number of hydrogen-bond acceptors (Lipinski definition) is 1. The molecule has 0 heterocycles. The molecular formula is C13H16Br2FNO. The summed E-state index contributed by atoms with van der Waals surface area (Å²) < 4.78 is 14.0. The number of rotatable bonds is 5. The van der Waals surface area contributed by atoms with E-state index < -0.39 is 5.82 Å². The molecule has 0 aliphatic carbocycles. The molecule has 1 unspecified atom stereocenters. The van der Waals surface area contributed by atoms with Crippen LogP contribution in [0.2, 0.25) is 0 Å². The number of halogens is 3. The number of hydrogen-bond donors (Lipinski definition) is 1. The van der Waals surface area contributed by atoms with Crippen molar-refractivity contribution in [3.8, 4) is 0 Å². The van der Waals surface area contributed by atoms with Gasteiger partial charge >= 0.3 is 0 Å². The highest BCUT2D eigenvalue weighted by Crippen LogP contribution is 2.19. The second-order valence-electron chi connectivity index (χ2n) is 4.56. The molecule has 0 saturated heterocycles. The Morgan fingerprint density at radius 3 is 2.67 bits per heavy atom. The minimum atomic E-state index is -0.520. The van der Waals surface area contributed by atoms with Gasteiger partial charge in [-0.2, -0.15) is 0 Å². The Balaban J connectivity index is 2.78. The zero-order valence-corrected chi connectivity index (χ0v) is 13.5. The van der Waals surface area contributed by atoms with Crippen LogP contribution in [0.25, 0.3) is 0 Å². The first-order valence-corrected chi connectivity index (χ1v) is 7.68. The normalized spacial score (nSPS) is 12.6. The summed E-state index contributed by atoms with van der Waals surface area (Å²) in [4.78, 5) is 12.0. The van der Waals surface area contributed by atoms with E-state index in [0.29, 0.717) is 15.7 Å². The summed E-state index contributed by atoms with van der Waals surface area (Å²) in [5.41, 5.74) is 0.0686. The Hall–Kier alpha value is -0.420. The SMILES string of the molecule is CC(C)CC(CBr)NC(=O)c1cccc(Br)c1F. The molecule has 0 aliphatic rings. The van der Waals surface area contributed by atoms with Gasteiger partial charge in [-0.25, -0.2) is 4.39 Å². The molecule has 5 heteroatoms. The van der Waals surface area contributed by atoms with Crippen molar-refractivity contribution in [2.24, 2.45) is 5.92 Å². The molecule has 0 fully saturated rings. The third-order valence-corrected chi connectivity index (χ3v) is 3.87. The van der Waals surface area contributed by atoms with Gasteiger partial charge in [-0.15, -0.1) is 0 Å². The fourth-order valence-electron chi connectivity index (χ4n) is 1.67. The number of carbonyl (C=O) groups excluding carboxylic acids is 1. The first kappa shape index (κ1) is 15.6. The van der Waals surface area contributed by atoms with E-state index >= 15 is 0 Å². The van der Waals surface area contributed by atoms with Crippen LogP contribution in [0.3, 0.4) is 0 Å². The molecule has 1 atom stereocenters. The molecule has 0 aliphatic heterocycles. The van der Waals surface area contributed by atoms with Crippen LogP contribution in [-0.2, 0) is 0 Å². The Morgan fingerprint density at radius 2 is 2.11 bits per heavy atom. The summed E-state index contributed by atoms with van der Waals surface area (Å²) in [5, 5.41) is 3.49. The van der Waals surface area contributed by atoms with Crippen molar-refractivity contribution in [1.82, 2.24) is 5.32 Å². The maximum absolute atomic E-state index is 13.7. The van der Waals surface area contributed by atoms with Gasteiger partial charge in [0, 0.05) is 11.4 Å². The van der Waals surface area contributed by atoms with E-state index in [-0.39, 0.29) is 17.5 Å². The average Bonchev–Trinajstić information content (AvgIpc) is 2.31. The molecule has 0 saturated carbocycles. The van der Waals surface area contributed by atoms with Crippen LogP contribution in [0, 0.1) is 11.7 Å². The van der Waals surface area contributed by atoms with Gasteiger partial charge in [-0.3, -0.25) is 4.79 Å². The lowest BCUT2D eigenvalue weighted by Crippen LogP contribution is -2.37. The summed E-state index contributed by atoms with van der Waals surface area (Å²) in [6, 6.07) is 4.71. The Morgan fingerprint density at radius 1 is 1.44 bits per heavy atom. The minimum Gasteiger partial charge on any atom is -0.348 e. The molecule has 0 bridgehead atoms. The molecule has 1 N–H and O–H groups in total. The highest BCUT2D eigenvalue weighted by molar-refractivity contribution is 9.10. The van der Waals surface area contributed by atoms with Crippen LogP contribution in [0.15, 0.2) is 22.7 Å². The topological polar surface area (TPSA) is 29.1 Å². The lowest BCUT2D eigenvalue weighted by atomic mass is 10.0. The van der Waals surface area contributed by atoms with E-state index in [4.69, 9.17) is 0 Å². The molecule has 0 aromatic heterocycles. The van der Waals surface area contributed by atoms with E-state index in [1.165, 1.54) is 6.07 Å². The molecule has 1 rings (SSSR count). The molecule has 100 valence electrons. The standard InChI is InChI=1S/C13H16Br2FNO/c1-8(2)6-9(7-14)17-13(18)10-4-3-5-11(15)12(10)16/h3-5,8-9H,6-7H2,1-2H3,(H,17,18). The summed E-state index contributed by atoms with van der Waals surface area (Å²) in [5.74, 6) is -0.424. The van der Waals surface area contributed by atoms with Crippen molar-refractivity contribution in [1.29, 1.82) is 0 Å². The van der Waals surface area contributed by atoms with E-state index in [2.05, 4.69) is 51.0 Å². The average molecular weight is 381 g/mol. The molecular weight excluding hydrogens is 365 g/mol. The van der Waals surface area contributed by atoms with Gasteiger partial charge in [0.25, 0.3) is 5.91 Å². The molecule has 18 heavy (non-hydrogen) atoms. The third-order valence-electron chi connectivity index (χ3n) is 2.47. The second kappa shape index (κ2) is 7.24. The van der Waals surface area contributed by atoms with Crippen LogP contribution in [0.4, 0.5) is 4.39 Å². The number of benzene rings is 1. The number of nitrogens with one attached hydrogen (secondary N) is 1. The number of amides is 1. The molecule has 0 spiro atoms. The van der Waals surface area contributed by atoms with Crippen molar-refractivity contribution < 1.29 is 9.18 Å². The number of carbonyl (C=O) groups is 1. The lowest BCUT2D eigenvalue weighted by molar-refractivity contribution is 0.0933. The fraction of sp³-hybridized carbons (Fsp3) is 0.462. The summed E-state index contributed by atoms with van der Waals surface area (Å²) in [6.45, 7) is 4.17. The maximum Gasteiger partial charge on any atom is 0.254 e. The van der Waals surface area contributed by atoms with Crippen molar-refractivity contribution in [2.75, 3.05) is 5.33 Å². The quantitative estimate of drug-likeness (QED) is 0.764. The lowest BCUT2D eigenvalue weighted by Gasteiger charge is -2.18. The van der Waals surface area contributed by atoms with Crippen LogP contribution in [0.1, 0.15) is 30.6 Å². The largest absolute Gasteiger partial charge is 0.348 e. The van der Waals surface area contributed by atoms with E-state index in [0.717, 1.165) is 6.42 Å². The Kier molecular flexibility index (Phi) is 6.29. The Labute approximate surface area is 124 Å². The summed E-state index contributed by atoms with van der Waals surface area (Å²) in [6.07, 6.45) is 0.854. The molecule has 0 radical (unpaired) electrons. The van der Waals surface area contributed by atoms with Crippen molar-refractivity contribution in [3.05, 3.63) is 34.1 Å². The first-order valence-electron chi connectivity index (χ1n) is 5.76. The first-order chi connectivity index (χ1) is 8.45. The van der Waals surface area contributed by atoms with Gasteiger partial charge in [-0.1, -0.05) is 35.8 Å². The second-order valence-corrected chi connectivity index (χ2v) is 6.06. The smallest absolute Gasteiger partial charge is 0.254 e. The highest BCUT2D eigenvalue weighted by atomic mass is 79.9. The summed E-state index contributed by atoms with van der Waals surface area (Å²) in [7, 11) is 0. The molecule has 1 aromatic rings. The summed E-state index contributed by atoms with van der Waals surface area (Å²) >= 11 is 6.43. The van der Waals surface area contributed by atoms with E-state index in [9.17, 15) is 9.18 Å². The van der Waals surface area contributed by atoms with Crippen molar-refractivity contribution in [2.45, 2.75) is 26.3 Å². The zero-order valence-electron chi connectivity index (χ0n) is 10.3. The predicted molar refractivity (Wildman–Crippen MR) is 78.6 cm³/mol. The van der Waals surface area contributed by atoms with Gasteiger partial charge in [0.1, 0.15) is 5.82 Å². The van der Waals surface area contributed by atoms with E-state index in [1.807, 2.05) is 0 Å². The zero-order chi connectivity index (χ0) is 13.7. The maximum atomic E-state index is 13.7. The van der Waals surface area contributed by atoms with Gasteiger partial charge in [0.15, 0.2) is 0 Å². The van der Waals surface area contributed by atoms with Crippen molar-refractivity contribution >= 4 is 37.8 Å². The van der Waals surface area contributed by atoms with Gasteiger partial charge in [0.2, 0.25) is 0 Å². The third kappa shape index (κ3) is 4.35. The molecule has 2 nitrogen and oxygen atoms in total. The van der Waals surface area contributed by atoms with Crippen LogP contribution in [-0.4, -0.2) is 17.3 Å². The van der Waals surface area contributed by atoms with Crippen molar-refractivity contribution in [3.63, 3.8) is 0 Å². The minimum absolute atomic E-state index is 0.0101. The van der Waals surface area contributed by atoms with Gasteiger partial charge in [-0.05, 0) is 40.4 Å². The van der Waals surface area contributed by atoms with Gasteiger partial charge < -0.3 is 5.32 Å². The van der Waals surface area contributed by atoms with Crippen LogP contribution in [0.5, 0.6) is 0 Å². The highest BCUT2D eigenvalue weighted by Gasteiger charge is 2.18. The Bertz CT molecular complexity index is 423. The van der Waals surface area contributed by atoms with Crippen LogP contribution >= 0.6 is 31.9 Å². The van der Waals surface area contributed by atoms with E-state index in [1.54, 1.807) is 12.1 Å². The molecule has 1 aromatic carbocycles. The fourth-order valence-corrected chi connectivity index (χ4v) is 2.46. The monoisotopic (exact) mass is 379 g/mol. The number of alkyl halides is 1. The molecule has 1 amide bonds.